The van der Waals surface area contributed by atoms with Gasteiger partial charge in [0.25, 0.3) is 5.88 Å². The first-order chi connectivity index (χ1) is 13.3. The van der Waals surface area contributed by atoms with E-state index in [0.717, 1.165) is 11.1 Å². The summed E-state index contributed by atoms with van der Waals surface area (Å²) in [6.07, 6.45) is 2.84. The van der Waals surface area contributed by atoms with E-state index in [2.05, 4.69) is 25.5 Å². The lowest BCUT2D eigenvalue weighted by Gasteiger charge is -2.35. The van der Waals surface area contributed by atoms with Gasteiger partial charge in [0.15, 0.2) is 0 Å². The van der Waals surface area contributed by atoms with Crippen LogP contribution in [0.25, 0.3) is 0 Å². The van der Waals surface area contributed by atoms with E-state index >= 15 is 0 Å². The molecule has 2 atom stereocenters. The molecule has 0 radical (unpaired) electrons. The lowest BCUT2D eigenvalue weighted by molar-refractivity contribution is 0.0850. The van der Waals surface area contributed by atoms with Gasteiger partial charge in [-0.05, 0) is 40.0 Å². The van der Waals surface area contributed by atoms with Gasteiger partial charge in [0, 0.05) is 25.1 Å². The predicted molar refractivity (Wildman–Crippen MR) is 96.0 cm³/mol. The van der Waals surface area contributed by atoms with Crippen LogP contribution in [-0.4, -0.2) is 44.0 Å². The van der Waals surface area contributed by atoms with E-state index < -0.39 is 9.92 Å². The van der Waals surface area contributed by atoms with E-state index in [-0.39, 0.29) is 41.4 Å². The van der Waals surface area contributed by atoms with Crippen molar-refractivity contribution in [3.8, 4) is 5.88 Å². The van der Waals surface area contributed by atoms with Crippen LogP contribution in [0.4, 0.5) is 4.39 Å². The maximum Gasteiger partial charge on any atom is 0.287 e. The van der Waals surface area contributed by atoms with Gasteiger partial charge in [0.1, 0.15) is 21.8 Å². The number of nitrogens with one attached hydrogen (secondary N) is 3. The van der Waals surface area contributed by atoms with Crippen molar-refractivity contribution in [1.82, 2.24) is 20.4 Å². The molecule has 4 rings (SSSR count). The van der Waals surface area contributed by atoms with Crippen LogP contribution in [0, 0.1) is 10.6 Å². The van der Waals surface area contributed by atoms with Gasteiger partial charge >= 0.3 is 0 Å². The molecule has 0 spiro atoms. The Kier molecular flexibility index (Phi) is 4.67. The second kappa shape index (κ2) is 7.02. The third kappa shape index (κ3) is 3.78. The number of amidine groups is 1. The van der Waals surface area contributed by atoms with Crippen LogP contribution in [-0.2, 0) is 16.3 Å². The third-order valence-corrected chi connectivity index (χ3v) is 5.55. The highest BCUT2D eigenvalue weighted by atomic mass is 32.2. The Morgan fingerprint density at radius 2 is 2.25 bits per heavy atom. The van der Waals surface area contributed by atoms with Crippen molar-refractivity contribution in [3.05, 3.63) is 40.8 Å². The smallest absolute Gasteiger partial charge is 0.287 e. The minimum absolute atomic E-state index is 0.00731. The molecule has 1 aromatic heterocycles. The fourth-order valence-corrected chi connectivity index (χ4v) is 4.18. The molecule has 2 aliphatic carbocycles. The number of aromatic nitrogens is 2. The van der Waals surface area contributed by atoms with Crippen LogP contribution in [0.2, 0.25) is 0 Å². The van der Waals surface area contributed by atoms with Gasteiger partial charge in [-0.25, -0.2) is 22.7 Å². The molecule has 28 heavy (non-hydrogen) atoms. The van der Waals surface area contributed by atoms with Crippen LogP contribution in [0.5, 0.6) is 5.88 Å². The zero-order valence-corrected chi connectivity index (χ0v) is 15.7. The van der Waals surface area contributed by atoms with Gasteiger partial charge < -0.3 is 15.3 Å². The Morgan fingerprint density at radius 3 is 2.96 bits per heavy atom. The highest BCUT2D eigenvalue weighted by molar-refractivity contribution is 7.89. The van der Waals surface area contributed by atoms with Crippen LogP contribution >= 0.6 is 0 Å². The Morgan fingerprint density at radius 1 is 1.46 bits per heavy atom. The summed E-state index contributed by atoms with van der Waals surface area (Å²) in [7, 11) is -2.77. The van der Waals surface area contributed by atoms with E-state index in [1.54, 1.807) is 6.07 Å². The number of fused-ring (bicyclic) bond motifs is 1. The Labute approximate surface area is 160 Å². The summed E-state index contributed by atoms with van der Waals surface area (Å²) in [6.45, 7) is 0. The summed E-state index contributed by atoms with van der Waals surface area (Å²) >= 11 is 0. The second-order valence-corrected chi connectivity index (χ2v) is 8.90. The molecule has 2 aliphatic rings. The fourth-order valence-electron chi connectivity index (χ4n) is 3.35. The number of rotatable bonds is 6. The van der Waals surface area contributed by atoms with E-state index in [0.29, 0.717) is 19.3 Å². The number of halogens is 1. The van der Waals surface area contributed by atoms with Crippen molar-refractivity contribution < 1.29 is 23.2 Å². The SMILES string of the molecule is CS(=N)(=O)N[C@H]1C[C@@H](Oc2nonc2/C(=N\O)N[C@H]2Cc3ccc(F)cc32)C1. The lowest BCUT2D eigenvalue weighted by Crippen LogP contribution is -2.48. The Hall–Kier alpha value is -2.73. The topological polar surface area (TPSA) is 146 Å². The first-order valence-electron chi connectivity index (χ1n) is 8.60. The standard InChI is InChI=1S/C16H19FN6O4S/c1-28(18,25)23-10-6-11(7-10)26-16-14(21-27-22-16)15(20-24)19-13-4-8-2-3-9(17)5-12(8)13/h2-3,5,10-11,13,24H,4,6-7H2,1H3,(H,19,20)(H2,18,23,25)/t10-,11+,13-,28?/m0/s1. The first-order valence-corrected chi connectivity index (χ1v) is 10.6. The Balaban J connectivity index is 1.39. The number of hydrogen-bond donors (Lipinski definition) is 4. The van der Waals surface area contributed by atoms with Crippen LogP contribution in [0.1, 0.15) is 35.7 Å². The van der Waals surface area contributed by atoms with E-state index in [1.807, 2.05) is 0 Å². The van der Waals surface area contributed by atoms with Gasteiger partial charge in [-0.3, -0.25) is 0 Å². The van der Waals surface area contributed by atoms with E-state index in [1.165, 1.54) is 18.4 Å². The number of hydrogen-bond acceptors (Lipinski definition) is 8. The summed E-state index contributed by atoms with van der Waals surface area (Å²) < 4.78 is 45.4. The van der Waals surface area contributed by atoms with E-state index in [9.17, 15) is 13.8 Å². The molecule has 0 aliphatic heterocycles. The monoisotopic (exact) mass is 410 g/mol. The highest BCUT2D eigenvalue weighted by Gasteiger charge is 2.35. The summed E-state index contributed by atoms with van der Waals surface area (Å²) in [5, 5.41) is 23.0. The molecule has 12 heteroatoms. The zero-order chi connectivity index (χ0) is 19.9. The van der Waals surface area contributed by atoms with Gasteiger partial charge in [-0.2, -0.15) is 0 Å². The normalized spacial score (nSPS) is 25.8. The van der Waals surface area contributed by atoms with Crippen LogP contribution in [0.3, 0.4) is 0 Å². The molecule has 2 aromatic rings. The molecule has 1 aromatic carbocycles. The van der Waals surface area contributed by atoms with Crippen LogP contribution in [0.15, 0.2) is 28.0 Å². The van der Waals surface area contributed by atoms with Crippen molar-refractivity contribution in [1.29, 1.82) is 4.78 Å². The molecule has 1 heterocycles. The molecule has 0 saturated heterocycles. The van der Waals surface area contributed by atoms with Crippen molar-refractivity contribution in [3.63, 3.8) is 0 Å². The van der Waals surface area contributed by atoms with Crippen molar-refractivity contribution in [2.75, 3.05) is 6.26 Å². The summed E-state index contributed by atoms with van der Waals surface area (Å²) in [5.74, 6) is -0.268. The average Bonchev–Trinajstić information content (AvgIpc) is 3.03. The molecule has 10 nitrogen and oxygen atoms in total. The molecular weight excluding hydrogens is 391 g/mol. The Bertz CT molecular complexity index is 1020. The average molecular weight is 410 g/mol. The van der Waals surface area contributed by atoms with Gasteiger partial charge in [0.05, 0.1) is 6.04 Å². The molecular formula is C16H19FN6O4S. The molecule has 1 unspecified atom stereocenters. The molecule has 1 saturated carbocycles. The van der Waals surface area contributed by atoms with Crippen molar-refractivity contribution in [2.24, 2.45) is 5.16 Å². The van der Waals surface area contributed by atoms with Crippen molar-refractivity contribution in [2.45, 2.75) is 37.5 Å². The molecule has 0 amide bonds. The summed E-state index contributed by atoms with van der Waals surface area (Å²) in [5.41, 5.74) is 1.90. The van der Waals surface area contributed by atoms with Crippen LogP contribution < -0.4 is 14.8 Å². The zero-order valence-electron chi connectivity index (χ0n) is 14.9. The summed E-state index contributed by atoms with van der Waals surface area (Å²) in [6, 6.07) is 4.25. The first kappa shape index (κ1) is 18.6. The summed E-state index contributed by atoms with van der Waals surface area (Å²) in [4.78, 5) is 0. The largest absolute Gasteiger partial charge is 0.470 e. The molecule has 4 N–H and O–H groups in total. The van der Waals surface area contributed by atoms with Gasteiger partial charge in [-0.15, -0.1) is 0 Å². The fraction of sp³-hybridized carbons (Fsp3) is 0.438. The quantitative estimate of drug-likeness (QED) is 0.243. The molecule has 150 valence electrons. The second-order valence-electron chi connectivity index (χ2n) is 6.98. The number of oxime groups is 1. The maximum atomic E-state index is 13.4. The molecule has 0 bridgehead atoms. The van der Waals surface area contributed by atoms with Gasteiger partial charge in [0.2, 0.25) is 11.5 Å². The molecule has 1 fully saturated rings. The number of ether oxygens (including phenoxy) is 1. The minimum atomic E-state index is -2.77. The predicted octanol–water partition coefficient (Wildman–Crippen LogP) is 1.32. The third-order valence-electron chi connectivity index (χ3n) is 4.77. The highest BCUT2D eigenvalue weighted by Crippen LogP contribution is 2.34. The number of benzene rings is 1. The number of nitrogens with zero attached hydrogens (tertiary/aromatic N) is 3. The van der Waals surface area contributed by atoms with E-state index in [4.69, 9.17) is 14.1 Å². The maximum absolute atomic E-state index is 13.4. The minimum Gasteiger partial charge on any atom is -0.470 e. The lowest BCUT2D eigenvalue weighted by atomic mass is 9.83. The van der Waals surface area contributed by atoms with Gasteiger partial charge in [-0.1, -0.05) is 11.2 Å². The van der Waals surface area contributed by atoms with Crippen molar-refractivity contribution >= 4 is 15.8 Å².